The number of nitrogens with two attached hydrogens (primary N) is 1. The smallest absolute Gasteiger partial charge is 0.182 e. The number of nitrogen functional groups attached to an aromatic ring is 1. The van der Waals surface area contributed by atoms with Crippen molar-refractivity contribution in [1.82, 2.24) is 9.78 Å². The first-order valence-electron chi connectivity index (χ1n) is 6.46. The number of hydrogen-bond donors (Lipinski definition) is 2. The van der Waals surface area contributed by atoms with Gasteiger partial charge in [0.2, 0.25) is 0 Å². The minimum Gasteiger partial charge on any atom is -0.383 e. The Hall–Kier alpha value is -1.24. The average molecular weight is 286 g/mol. The lowest BCUT2D eigenvalue weighted by molar-refractivity contribution is 0.361. The van der Waals surface area contributed by atoms with Crippen molar-refractivity contribution in [3.63, 3.8) is 0 Å². The molecule has 0 spiro atoms. The third-order valence-electron chi connectivity index (χ3n) is 3.33. The summed E-state index contributed by atoms with van der Waals surface area (Å²) in [5, 5.41) is 7.57. The Morgan fingerprint density at radius 2 is 1.95 bits per heavy atom. The van der Waals surface area contributed by atoms with Gasteiger partial charge in [-0.1, -0.05) is 0 Å². The van der Waals surface area contributed by atoms with E-state index in [-0.39, 0.29) is 16.3 Å². The summed E-state index contributed by atoms with van der Waals surface area (Å²) in [6.07, 6.45) is 4.43. The zero-order valence-corrected chi connectivity index (χ0v) is 12.7. The number of nitrogens with one attached hydrogen (secondary N) is 1. The van der Waals surface area contributed by atoms with E-state index < -0.39 is 9.84 Å². The van der Waals surface area contributed by atoms with Gasteiger partial charge in [0, 0.05) is 12.3 Å². The molecule has 6 nitrogen and oxygen atoms in total. The van der Waals surface area contributed by atoms with Crippen molar-refractivity contribution in [2.75, 3.05) is 17.3 Å². The molecule has 0 amide bonds. The molecule has 7 heteroatoms. The maximum atomic E-state index is 11.9. The molecule has 1 aromatic heterocycles. The number of sulfone groups is 1. The summed E-state index contributed by atoms with van der Waals surface area (Å²) in [6.45, 7) is 5.82. The summed E-state index contributed by atoms with van der Waals surface area (Å²) >= 11 is 0. The first kappa shape index (κ1) is 14.2. The van der Waals surface area contributed by atoms with E-state index in [0.29, 0.717) is 11.9 Å². The van der Waals surface area contributed by atoms with Crippen LogP contribution in [0.25, 0.3) is 0 Å². The van der Waals surface area contributed by atoms with Crippen molar-refractivity contribution < 1.29 is 8.42 Å². The van der Waals surface area contributed by atoms with Crippen LogP contribution in [0.2, 0.25) is 0 Å². The molecule has 19 heavy (non-hydrogen) atoms. The van der Waals surface area contributed by atoms with Gasteiger partial charge < -0.3 is 11.1 Å². The monoisotopic (exact) mass is 286 g/mol. The minimum absolute atomic E-state index is 0.120. The van der Waals surface area contributed by atoms with E-state index in [1.807, 2.05) is 20.8 Å². The van der Waals surface area contributed by atoms with Gasteiger partial charge in [-0.3, -0.25) is 0 Å². The van der Waals surface area contributed by atoms with E-state index in [0.717, 1.165) is 12.8 Å². The molecule has 0 aliphatic heterocycles. The highest BCUT2D eigenvalue weighted by atomic mass is 32.2. The van der Waals surface area contributed by atoms with Crippen LogP contribution in [0.4, 0.5) is 11.6 Å². The molecule has 1 aromatic rings. The Morgan fingerprint density at radius 3 is 2.32 bits per heavy atom. The van der Waals surface area contributed by atoms with Crippen molar-refractivity contribution in [3.8, 4) is 0 Å². The first-order chi connectivity index (χ1) is 8.60. The largest absolute Gasteiger partial charge is 0.383 e. The minimum atomic E-state index is -3.40. The van der Waals surface area contributed by atoms with Gasteiger partial charge in [0.15, 0.2) is 20.6 Å². The summed E-state index contributed by atoms with van der Waals surface area (Å²) < 4.78 is 25.4. The molecule has 1 fully saturated rings. The molecule has 0 radical (unpaired) electrons. The standard InChI is InChI=1S/C12H22N4O2S/c1-12(2,3)16-10(13)9(19(4,17)18)11(15-16)14-8-6-5-7-8/h8H,5-7,13H2,1-4H3,(H,14,15). The van der Waals surface area contributed by atoms with Crippen molar-refractivity contribution in [1.29, 1.82) is 0 Å². The zero-order chi connectivity index (χ0) is 14.4. The number of aromatic nitrogens is 2. The van der Waals surface area contributed by atoms with Crippen molar-refractivity contribution in [3.05, 3.63) is 0 Å². The Bertz CT molecular complexity index is 580. The molecule has 0 saturated heterocycles. The van der Waals surface area contributed by atoms with Crippen LogP contribution >= 0.6 is 0 Å². The molecule has 0 aromatic carbocycles. The van der Waals surface area contributed by atoms with Crippen LogP contribution < -0.4 is 11.1 Å². The number of rotatable bonds is 3. The summed E-state index contributed by atoms with van der Waals surface area (Å²) in [5.74, 6) is 0.594. The summed E-state index contributed by atoms with van der Waals surface area (Å²) in [5.41, 5.74) is 5.63. The topological polar surface area (TPSA) is 90.0 Å². The van der Waals surface area contributed by atoms with E-state index in [1.54, 1.807) is 4.68 Å². The van der Waals surface area contributed by atoms with Crippen LogP contribution in [0.5, 0.6) is 0 Å². The van der Waals surface area contributed by atoms with Crippen LogP contribution in [0, 0.1) is 0 Å². The lowest BCUT2D eigenvalue weighted by Crippen LogP contribution is -2.28. The van der Waals surface area contributed by atoms with Gasteiger partial charge in [-0.15, -0.1) is 0 Å². The zero-order valence-electron chi connectivity index (χ0n) is 11.9. The van der Waals surface area contributed by atoms with Gasteiger partial charge in [-0.25, -0.2) is 13.1 Å². The van der Waals surface area contributed by atoms with Crippen LogP contribution in [0.1, 0.15) is 40.0 Å². The molecule has 1 heterocycles. The van der Waals surface area contributed by atoms with Crippen LogP contribution in [-0.2, 0) is 15.4 Å². The predicted octanol–water partition coefficient (Wildman–Crippen LogP) is 1.59. The van der Waals surface area contributed by atoms with Gasteiger partial charge in [0.1, 0.15) is 5.82 Å². The molecular formula is C12H22N4O2S. The maximum Gasteiger partial charge on any atom is 0.182 e. The molecule has 1 aliphatic carbocycles. The molecule has 3 N–H and O–H groups in total. The number of hydrogen-bond acceptors (Lipinski definition) is 5. The Balaban J connectivity index is 2.51. The lowest BCUT2D eigenvalue weighted by atomic mass is 9.93. The fourth-order valence-electron chi connectivity index (χ4n) is 2.13. The second-order valence-electron chi connectivity index (χ2n) is 6.19. The Labute approximate surface area is 114 Å². The van der Waals surface area contributed by atoms with Gasteiger partial charge in [0.25, 0.3) is 0 Å². The Morgan fingerprint density at radius 1 is 1.37 bits per heavy atom. The first-order valence-corrected chi connectivity index (χ1v) is 8.35. The van der Waals surface area contributed by atoms with Crippen molar-refractivity contribution >= 4 is 21.5 Å². The fourth-order valence-corrected chi connectivity index (χ4v) is 3.05. The molecule has 2 rings (SSSR count). The quantitative estimate of drug-likeness (QED) is 0.880. The SMILES string of the molecule is CC(C)(C)n1nc(NC2CCC2)c(S(C)(=O)=O)c1N. The van der Waals surface area contributed by atoms with E-state index in [2.05, 4.69) is 10.4 Å². The van der Waals surface area contributed by atoms with E-state index in [1.165, 1.54) is 12.7 Å². The Kier molecular flexibility index (Phi) is 3.28. The normalized spacial score (nSPS) is 17.3. The molecule has 1 saturated carbocycles. The molecule has 0 bridgehead atoms. The maximum absolute atomic E-state index is 11.9. The van der Waals surface area contributed by atoms with Crippen LogP contribution in [-0.4, -0.2) is 30.5 Å². The van der Waals surface area contributed by atoms with E-state index in [4.69, 9.17) is 5.73 Å². The highest BCUT2D eigenvalue weighted by Crippen LogP contribution is 2.33. The van der Waals surface area contributed by atoms with Gasteiger partial charge in [-0.05, 0) is 40.0 Å². The summed E-state index contributed by atoms with van der Waals surface area (Å²) in [6, 6.07) is 0.309. The third kappa shape index (κ3) is 2.70. The van der Waals surface area contributed by atoms with Crippen LogP contribution in [0.3, 0.4) is 0 Å². The van der Waals surface area contributed by atoms with E-state index in [9.17, 15) is 8.42 Å². The van der Waals surface area contributed by atoms with Gasteiger partial charge >= 0.3 is 0 Å². The number of anilines is 2. The van der Waals surface area contributed by atoms with Gasteiger partial charge in [0.05, 0.1) is 5.54 Å². The number of nitrogens with zero attached hydrogens (tertiary/aromatic N) is 2. The van der Waals surface area contributed by atoms with Crippen molar-refractivity contribution in [2.24, 2.45) is 0 Å². The average Bonchev–Trinajstić information content (AvgIpc) is 2.47. The molecule has 108 valence electrons. The fraction of sp³-hybridized carbons (Fsp3) is 0.750. The second-order valence-corrected chi connectivity index (χ2v) is 8.14. The van der Waals surface area contributed by atoms with Gasteiger partial charge in [-0.2, -0.15) is 5.10 Å². The molecule has 0 atom stereocenters. The highest BCUT2D eigenvalue weighted by Gasteiger charge is 2.30. The summed E-state index contributed by atoms with van der Waals surface area (Å²) in [4.78, 5) is 0.120. The lowest BCUT2D eigenvalue weighted by Gasteiger charge is -2.26. The third-order valence-corrected chi connectivity index (χ3v) is 4.47. The predicted molar refractivity (Wildman–Crippen MR) is 76.0 cm³/mol. The van der Waals surface area contributed by atoms with E-state index >= 15 is 0 Å². The molecule has 1 aliphatic rings. The summed E-state index contributed by atoms with van der Waals surface area (Å²) in [7, 11) is -3.40. The molecule has 0 unspecified atom stereocenters. The van der Waals surface area contributed by atoms with Crippen LogP contribution in [0.15, 0.2) is 4.90 Å². The second kappa shape index (κ2) is 4.40. The molecular weight excluding hydrogens is 264 g/mol. The van der Waals surface area contributed by atoms with Crippen molar-refractivity contribution in [2.45, 2.75) is 56.5 Å². The highest BCUT2D eigenvalue weighted by molar-refractivity contribution is 7.91.